The average molecular weight is 309 g/mol. The number of aryl methyl sites for hydroxylation is 1. The van der Waals surface area contributed by atoms with Gasteiger partial charge in [0.15, 0.2) is 0 Å². The van der Waals surface area contributed by atoms with Gasteiger partial charge in [-0.1, -0.05) is 36.4 Å². The van der Waals surface area contributed by atoms with Gasteiger partial charge in [0, 0.05) is 25.7 Å². The number of benzene rings is 1. The highest BCUT2D eigenvalue weighted by atomic mass is 16.1. The van der Waals surface area contributed by atoms with Crippen LogP contribution >= 0.6 is 0 Å². The summed E-state index contributed by atoms with van der Waals surface area (Å²) in [6.45, 7) is 0.699. The second-order valence-corrected chi connectivity index (χ2v) is 6.06. The van der Waals surface area contributed by atoms with E-state index in [2.05, 4.69) is 46.8 Å². The molecule has 0 radical (unpaired) electrons. The van der Waals surface area contributed by atoms with Gasteiger partial charge in [-0.25, -0.2) is 0 Å². The number of hydrogen-bond acceptors (Lipinski definition) is 2. The van der Waals surface area contributed by atoms with Crippen LogP contribution in [0.3, 0.4) is 0 Å². The molecule has 0 saturated carbocycles. The van der Waals surface area contributed by atoms with Crippen LogP contribution in [0.15, 0.2) is 48.7 Å². The third-order valence-electron chi connectivity index (χ3n) is 4.42. The van der Waals surface area contributed by atoms with E-state index in [4.69, 9.17) is 0 Å². The fourth-order valence-electron chi connectivity index (χ4n) is 3.01. The van der Waals surface area contributed by atoms with Gasteiger partial charge in [-0.15, -0.1) is 0 Å². The van der Waals surface area contributed by atoms with Crippen molar-refractivity contribution in [2.24, 2.45) is 13.0 Å². The Kier molecular flexibility index (Phi) is 4.91. The molecule has 1 atom stereocenters. The minimum atomic E-state index is 0.159. The van der Waals surface area contributed by atoms with E-state index in [9.17, 15) is 4.79 Å². The molecular formula is C19H23N3O. The molecule has 1 heterocycles. The van der Waals surface area contributed by atoms with Crippen molar-refractivity contribution in [1.29, 1.82) is 0 Å². The van der Waals surface area contributed by atoms with Crippen molar-refractivity contribution < 1.29 is 4.79 Å². The van der Waals surface area contributed by atoms with Crippen LogP contribution in [0.5, 0.6) is 0 Å². The lowest BCUT2D eigenvalue weighted by atomic mass is 9.93. The predicted molar refractivity (Wildman–Crippen MR) is 91.8 cm³/mol. The maximum Gasteiger partial charge on any atom is 0.223 e. The molecule has 23 heavy (non-hydrogen) atoms. The molecule has 1 unspecified atom stereocenters. The number of aromatic nitrogens is 2. The molecule has 2 aromatic rings. The molecule has 4 nitrogen and oxygen atoms in total. The summed E-state index contributed by atoms with van der Waals surface area (Å²) < 4.78 is 1.87. The molecule has 1 aliphatic rings. The van der Waals surface area contributed by atoms with E-state index in [-0.39, 0.29) is 11.8 Å². The van der Waals surface area contributed by atoms with E-state index in [1.54, 1.807) is 6.20 Å². The molecule has 1 aromatic carbocycles. The molecular weight excluding hydrogens is 286 g/mol. The lowest BCUT2D eigenvalue weighted by molar-refractivity contribution is -0.125. The number of amides is 1. The van der Waals surface area contributed by atoms with Crippen molar-refractivity contribution in [2.75, 3.05) is 6.54 Å². The number of allylic oxidation sites excluding steroid dienone is 2. The smallest absolute Gasteiger partial charge is 0.223 e. The lowest BCUT2D eigenvalue weighted by Gasteiger charge is -2.17. The topological polar surface area (TPSA) is 46.9 Å². The van der Waals surface area contributed by atoms with Crippen molar-refractivity contribution in [2.45, 2.75) is 25.7 Å². The Morgan fingerprint density at radius 1 is 1.26 bits per heavy atom. The molecule has 4 heteroatoms. The number of carbonyl (C=O) groups is 1. The molecule has 0 fully saturated rings. The van der Waals surface area contributed by atoms with E-state index >= 15 is 0 Å². The van der Waals surface area contributed by atoms with Crippen LogP contribution < -0.4 is 5.32 Å². The monoisotopic (exact) mass is 309 g/mol. The molecule has 3 rings (SSSR count). The summed E-state index contributed by atoms with van der Waals surface area (Å²) in [5, 5.41) is 7.26. The Morgan fingerprint density at radius 2 is 2.09 bits per heavy atom. The van der Waals surface area contributed by atoms with Gasteiger partial charge in [0.05, 0.1) is 5.69 Å². The van der Waals surface area contributed by atoms with Crippen LogP contribution in [-0.4, -0.2) is 22.2 Å². The number of rotatable bonds is 5. The largest absolute Gasteiger partial charge is 0.356 e. The highest BCUT2D eigenvalue weighted by molar-refractivity contribution is 5.78. The summed E-state index contributed by atoms with van der Waals surface area (Å²) in [6, 6.07) is 10.5. The van der Waals surface area contributed by atoms with Gasteiger partial charge in [0.2, 0.25) is 5.91 Å². The standard InChI is InChI=1S/C19H23N3O/c1-22-18(12-14-21-22)16-9-7-15(8-10-16)11-13-20-19(23)17-5-3-2-4-6-17/h2-3,7-10,12,14,17H,4-6,11,13H2,1H3,(H,20,23). The molecule has 0 aliphatic heterocycles. The van der Waals surface area contributed by atoms with Crippen LogP contribution in [-0.2, 0) is 18.3 Å². The van der Waals surface area contributed by atoms with Crippen molar-refractivity contribution in [3.8, 4) is 11.3 Å². The van der Waals surface area contributed by atoms with Crippen LogP contribution in [0.1, 0.15) is 24.8 Å². The molecule has 1 amide bonds. The van der Waals surface area contributed by atoms with E-state index in [1.165, 1.54) is 5.56 Å². The first-order chi connectivity index (χ1) is 11.2. The second kappa shape index (κ2) is 7.27. The zero-order valence-electron chi connectivity index (χ0n) is 13.5. The Balaban J connectivity index is 1.50. The fraction of sp³-hybridized carbons (Fsp3) is 0.368. The number of hydrogen-bond donors (Lipinski definition) is 1. The van der Waals surface area contributed by atoms with Gasteiger partial charge in [0.1, 0.15) is 0 Å². The minimum Gasteiger partial charge on any atom is -0.356 e. The van der Waals surface area contributed by atoms with Gasteiger partial charge >= 0.3 is 0 Å². The Morgan fingerprint density at radius 3 is 2.74 bits per heavy atom. The summed E-state index contributed by atoms with van der Waals surface area (Å²) in [5.41, 5.74) is 3.50. The molecule has 1 N–H and O–H groups in total. The SMILES string of the molecule is Cn1nccc1-c1ccc(CCNC(=O)C2CC=CCC2)cc1. The summed E-state index contributed by atoms with van der Waals surface area (Å²) in [7, 11) is 1.94. The number of nitrogens with zero attached hydrogens (tertiary/aromatic N) is 2. The molecule has 120 valence electrons. The van der Waals surface area contributed by atoms with Gasteiger partial charge in [-0.2, -0.15) is 5.10 Å². The molecule has 0 saturated heterocycles. The Bertz CT molecular complexity index is 685. The van der Waals surface area contributed by atoms with Crippen molar-refractivity contribution >= 4 is 5.91 Å². The third-order valence-corrected chi connectivity index (χ3v) is 4.42. The lowest BCUT2D eigenvalue weighted by Crippen LogP contribution is -2.32. The third kappa shape index (κ3) is 3.89. The Hall–Kier alpha value is -2.36. The number of carbonyl (C=O) groups excluding carboxylic acids is 1. The van der Waals surface area contributed by atoms with E-state index in [1.807, 2.05) is 17.8 Å². The first-order valence-electron chi connectivity index (χ1n) is 8.24. The summed E-state index contributed by atoms with van der Waals surface area (Å²) >= 11 is 0. The van der Waals surface area contributed by atoms with Gasteiger partial charge in [0.25, 0.3) is 0 Å². The quantitative estimate of drug-likeness (QED) is 0.863. The van der Waals surface area contributed by atoms with Crippen molar-refractivity contribution in [3.05, 3.63) is 54.2 Å². The van der Waals surface area contributed by atoms with E-state index in [0.717, 1.165) is 36.9 Å². The zero-order valence-corrected chi connectivity index (χ0v) is 13.5. The molecule has 0 bridgehead atoms. The van der Waals surface area contributed by atoms with Crippen molar-refractivity contribution in [3.63, 3.8) is 0 Å². The van der Waals surface area contributed by atoms with Gasteiger partial charge in [-0.3, -0.25) is 9.48 Å². The van der Waals surface area contributed by atoms with Crippen LogP contribution in [0, 0.1) is 5.92 Å². The first-order valence-corrected chi connectivity index (χ1v) is 8.24. The highest BCUT2D eigenvalue weighted by Gasteiger charge is 2.17. The fourth-order valence-corrected chi connectivity index (χ4v) is 3.01. The van der Waals surface area contributed by atoms with Crippen molar-refractivity contribution in [1.82, 2.24) is 15.1 Å². The Labute approximate surface area is 137 Å². The first kappa shape index (κ1) is 15.5. The van der Waals surface area contributed by atoms with Gasteiger partial charge < -0.3 is 5.32 Å². The zero-order chi connectivity index (χ0) is 16.1. The predicted octanol–water partition coefficient (Wildman–Crippen LogP) is 3.10. The van der Waals surface area contributed by atoms with Crippen LogP contribution in [0.4, 0.5) is 0 Å². The van der Waals surface area contributed by atoms with Crippen LogP contribution in [0.25, 0.3) is 11.3 Å². The molecule has 0 spiro atoms. The number of nitrogens with one attached hydrogen (secondary N) is 1. The average Bonchev–Trinajstić information content (AvgIpc) is 3.02. The summed E-state index contributed by atoms with van der Waals surface area (Å²) in [5.74, 6) is 0.355. The van der Waals surface area contributed by atoms with E-state index in [0.29, 0.717) is 6.54 Å². The second-order valence-electron chi connectivity index (χ2n) is 6.06. The van der Waals surface area contributed by atoms with Gasteiger partial charge in [-0.05, 0) is 42.9 Å². The normalized spacial score (nSPS) is 17.2. The molecule has 1 aromatic heterocycles. The minimum absolute atomic E-state index is 0.159. The maximum absolute atomic E-state index is 12.1. The van der Waals surface area contributed by atoms with Crippen LogP contribution in [0.2, 0.25) is 0 Å². The maximum atomic E-state index is 12.1. The molecule has 1 aliphatic carbocycles. The van der Waals surface area contributed by atoms with E-state index < -0.39 is 0 Å². The summed E-state index contributed by atoms with van der Waals surface area (Å²) in [4.78, 5) is 12.1. The summed E-state index contributed by atoms with van der Waals surface area (Å²) in [6.07, 6.45) is 9.82. The highest BCUT2D eigenvalue weighted by Crippen LogP contribution is 2.19.